The molecule has 1 saturated carbocycles. The molecule has 0 radical (unpaired) electrons. The number of hydrogen-bond acceptors (Lipinski definition) is 3. The van der Waals surface area contributed by atoms with Gasteiger partial charge >= 0.3 is 0 Å². The number of likely N-dealkylation sites (tertiary alicyclic amines) is 1. The molecule has 1 aromatic rings. The first-order chi connectivity index (χ1) is 9.97. The van der Waals surface area contributed by atoms with E-state index in [2.05, 4.69) is 6.92 Å². The lowest BCUT2D eigenvalue weighted by Crippen LogP contribution is -2.36. The van der Waals surface area contributed by atoms with E-state index in [9.17, 15) is 14.4 Å². The number of halogens is 1. The summed E-state index contributed by atoms with van der Waals surface area (Å²) in [7, 11) is 0. The van der Waals surface area contributed by atoms with Crippen LogP contribution in [0.5, 0.6) is 0 Å². The van der Waals surface area contributed by atoms with Crippen molar-refractivity contribution in [1.82, 2.24) is 4.90 Å². The maximum absolute atomic E-state index is 12.3. The lowest BCUT2D eigenvalue weighted by atomic mass is 10.00. The number of hydrogen-bond donors (Lipinski definition) is 0. The molecule has 2 atom stereocenters. The molecule has 2 aliphatic rings. The third-order valence-corrected chi connectivity index (χ3v) is 4.65. The van der Waals surface area contributed by atoms with Crippen molar-refractivity contribution in [2.24, 2.45) is 17.8 Å². The SMILES string of the molecule is CC1CC2C(=O)N(CC(=O)c3cccc(Cl)c3)C(=O)C2C1. The summed E-state index contributed by atoms with van der Waals surface area (Å²) in [5, 5.41) is 0.464. The first kappa shape index (κ1) is 14.3. The Kier molecular flexibility index (Phi) is 3.57. The molecule has 2 unspecified atom stereocenters. The van der Waals surface area contributed by atoms with Crippen molar-refractivity contribution in [3.05, 3.63) is 34.9 Å². The van der Waals surface area contributed by atoms with Crippen LogP contribution < -0.4 is 0 Å². The van der Waals surface area contributed by atoms with Crippen molar-refractivity contribution in [1.29, 1.82) is 0 Å². The smallest absolute Gasteiger partial charge is 0.233 e. The van der Waals surface area contributed by atoms with Gasteiger partial charge in [-0.2, -0.15) is 0 Å². The van der Waals surface area contributed by atoms with Crippen LogP contribution in [0.4, 0.5) is 0 Å². The Morgan fingerprint density at radius 1 is 1.24 bits per heavy atom. The molecule has 1 aliphatic carbocycles. The number of fused-ring (bicyclic) bond motifs is 1. The summed E-state index contributed by atoms with van der Waals surface area (Å²) in [6.45, 7) is 1.87. The number of Topliss-reactive ketones (excluding diaryl/α,β-unsaturated/α-hetero) is 1. The third kappa shape index (κ3) is 2.48. The molecule has 0 bridgehead atoms. The molecule has 0 spiro atoms. The summed E-state index contributed by atoms with van der Waals surface area (Å²) < 4.78 is 0. The van der Waals surface area contributed by atoms with Gasteiger partial charge in [-0.15, -0.1) is 0 Å². The lowest BCUT2D eigenvalue weighted by Gasteiger charge is -2.16. The lowest BCUT2D eigenvalue weighted by molar-refractivity contribution is -0.139. The van der Waals surface area contributed by atoms with E-state index in [0.717, 1.165) is 17.7 Å². The van der Waals surface area contributed by atoms with E-state index in [1.807, 2.05) is 0 Å². The van der Waals surface area contributed by atoms with Crippen molar-refractivity contribution in [2.45, 2.75) is 19.8 Å². The van der Waals surface area contributed by atoms with Gasteiger partial charge in [-0.1, -0.05) is 30.7 Å². The number of carbonyl (C=O) groups is 3. The Balaban J connectivity index is 1.75. The minimum atomic E-state index is -0.257. The fraction of sp³-hybridized carbons (Fsp3) is 0.438. The molecule has 2 amide bonds. The number of nitrogens with zero attached hydrogens (tertiary/aromatic N) is 1. The second kappa shape index (κ2) is 5.26. The standard InChI is InChI=1S/C16H16ClNO3/c1-9-5-12-13(6-9)16(21)18(15(12)20)8-14(19)10-3-2-4-11(17)7-10/h2-4,7,9,12-13H,5-6,8H2,1H3. The summed E-state index contributed by atoms with van der Waals surface area (Å²) in [4.78, 5) is 38.0. The van der Waals surface area contributed by atoms with Crippen LogP contribution in [-0.2, 0) is 9.59 Å². The predicted octanol–water partition coefficient (Wildman–Crippen LogP) is 2.55. The van der Waals surface area contributed by atoms with Crippen molar-refractivity contribution in [3.63, 3.8) is 0 Å². The van der Waals surface area contributed by atoms with Crippen LogP contribution in [0.2, 0.25) is 5.02 Å². The highest BCUT2D eigenvalue weighted by atomic mass is 35.5. The maximum atomic E-state index is 12.3. The summed E-state index contributed by atoms with van der Waals surface area (Å²) in [5.74, 6) is -0.681. The molecule has 21 heavy (non-hydrogen) atoms. The monoisotopic (exact) mass is 305 g/mol. The van der Waals surface area contributed by atoms with Gasteiger partial charge in [-0.25, -0.2) is 0 Å². The molecule has 0 aromatic heterocycles. The van der Waals surface area contributed by atoms with Gasteiger partial charge in [0.2, 0.25) is 11.8 Å². The molecular weight excluding hydrogens is 290 g/mol. The minimum Gasteiger partial charge on any atom is -0.292 e. The van der Waals surface area contributed by atoms with Gasteiger partial charge < -0.3 is 0 Å². The fourth-order valence-corrected chi connectivity index (χ4v) is 3.59. The Morgan fingerprint density at radius 2 is 1.86 bits per heavy atom. The van der Waals surface area contributed by atoms with Crippen molar-refractivity contribution in [2.75, 3.05) is 6.54 Å². The van der Waals surface area contributed by atoms with Gasteiger partial charge in [0.1, 0.15) is 0 Å². The van der Waals surface area contributed by atoms with E-state index in [-0.39, 0.29) is 36.0 Å². The van der Waals surface area contributed by atoms with Crippen molar-refractivity contribution >= 4 is 29.2 Å². The Morgan fingerprint density at radius 3 is 2.43 bits per heavy atom. The minimum absolute atomic E-state index is 0.181. The van der Waals surface area contributed by atoms with E-state index in [0.29, 0.717) is 16.5 Å². The molecule has 3 rings (SSSR count). The van der Waals surface area contributed by atoms with Crippen LogP contribution in [0.25, 0.3) is 0 Å². The largest absolute Gasteiger partial charge is 0.292 e. The second-order valence-corrected chi connectivity index (χ2v) is 6.42. The van der Waals surface area contributed by atoms with Gasteiger partial charge in [-0.3, -0.25) is 19.3 Å². The second-order valence-electron chi connectivity index (χ2n) is 5.99. The number of amides is 2. The van der Waals surface area contributed by atoms with E-state index in [1.54, 1.807) is 24.3 Å². The van der Waals surface area contributed by atoms with E-state index in [4.69, 9.17) is 11.6 Å². The highest BCUT2D eigenvalue weighted by Gasteiger charge is 2.51. The molecular formula is C16H16ClNO3. The number of imide groups is 1. The highest BCUT2D eigenvalue weighted by Crippen LogP contribution is 2.42. The van der Waals surface area contributed by atoms with E-state index in [1.165, 1.54) is 0 Å². The normalized spacial score (nSPS) is 28.1. The Hall–Kier alpha value is -1.68. The first-order valence-corrected chi connectivity index (χ1v) is 7.49. The first-order valence-electron chi connectivity index (χ1n) is 7.11. The number of benzene rings is 1. The van der Waals surface area contributed by atoms with Gasteiger partial charge in [-0.05, 0) is 30.9 Å². The molecule has 1 aromatic carbocycles. The third-order valence-electron chi connectivity index (χ3n) is 4.41. The molecule has 0 N–H and O–H groups in total. The number of rotatable bonds is 3. The summed E-state index contributed by atoms with van der Waals surface area (Å²) >= 11 is 5.86. The zero-order valence-corrected chi connectivity index (χ0v) is 12.5. The Bertz CT molecular complexity index is 604. The number of ketones is 1. The van der Waals surface area contributed by atoms with E-state index < -0.39 is 0 Å². The fourth-order valence-electron chi connectivity index (χ4n) is 3.40. The molecule has 5 heteroatoms. The maximum Gasteiger partial charge on any atom is 0.233 e. The topological polar surface area (TPSA) is 54.5 Å². The summed E-state index contributed by atoms with van der Waals surface area (Å²) in [6, 6.07) is 6.55. The van der Waals surface area contributed by atoms with Crippen molar-refractivity contribution < 1.29 is 14.4 Å². The summed E-state index contributed by atoms with van der Waals surface area (Å²) in [6.07, 6.45) is 1.49. The van der Waals surface area contributed by atoms with Gasteiger partial charge in [0.25, 0.3) is 0 Å². The van der Waals surface area contributed by atoms with Gasteiger partial charge in [0.05, 0.1) is 18.4 Å². The summed E-state index contributed by atoms with van der Waals surface area (Å²) in [5.41, 5.74) is 0.425. The quantitative estimate of drug-likeness (QED) is 0.637. The Labute approximate surface area is 128 Å². The average Bonchev–Trinajstić information content (AvgIpc) is 2.92. The molecule has 4 nitrogen and oxygen atoms in total. The predicted molar refractivity (Wildman–Crippen MR) is 77.9 cm³/mol. The molecule has 1 aliphatic heterocycles. The molecule has 110 valence electrons. The van der Waals surface area contributed by atoms with E-state index >= 15 is 0 Å². The molecule has 1 saturated heterocycles. The van der Waals surface area contributed by atoms with Gasteiger partial charge in [0.15, 0.2) is 5.78 Å². The molecule has 1 heterocycles. The molecule has 2 fully saturated rings. The average molecular weight is 306 g/mol. The highest BCUT2D eigenvalue weighted by molar-refractivity contribution is 6.31. The van der Waals surface area contributed by atoms with Gasteiger partial charge in [0, 0.05) is 10.6 Å². The van der Waals surface area contributed by atoms with Crippen LogP contribution >= 0.6 is 11.6 Å². The van der Waals surface area contributed by atoms with Crippen LogP contribution in [0.1, 0.15) is 30.1 Å². The van der Waals surface area contributed by atoms with Crippen LogP contribution in [0.3, 0.4) is 0 Å². The zero-order valence-electron chi connectivity index (χ0n) is 11.7. The van der Waals surface area contributed by atoms with Crippen LogP contribution in [0.15, 0.2) is 24.3 Å². The zero-order chi connectivity index (χ0) is 15.1. The van der Waals surface area contributed by atoms with Crippen LogP contribution in [0, 0.1) is 17.8 Å². The number of carbonyl (C=O) groups excluding carboxylic acids is 3. The van der Waals surface area contributed by atoms with Crippen molar-refractivity contribution in [3.8, 4) is 0 Å². The van der Waals surface area contributed by atoms with Crippen LogP contribution in [-0.4, -0.2) is 29.0 Å².